The molecular formula is C17H17Cl2NO3. The van der Waals surface area contributed by atoms with Crippen molar-refractivity contribution in [2.45, 2.75) is 6.92 Å². The molecule has 0 radical (unpaired) electrons. The standard InChI is InChI=1S/C17H17Cl2NO3/c1-2-20-17(21)12-6-8-13(9-7-12)22-10-11-23-16-14(18)4-3-5-15(16)19/h3-9H,2,10-11H2,1H3,(H,20,21). The Balaban J connectivity index is 1.81. The highest BCUT2D eigenvalue weighted by Gasteiger charge is 2.07. The van der Waals surface area contributed by atoms with Crippen molar-refractivity contribution in [2.75, 3.05) is 19.8 Å². The number of nitrogens with one attached hydrogen (secondary N) is 1. The summed E-state index contributed by atoms with van der Waals surface area (Å²) in [4.78, 5) is 11.6. The lowest BCUT2D eigenvalue weighted by Crippen LogP contribution is -2.22. The van der Waals surface area contributed by atoms with Crippen molar-refractivity contribution in [2.24, 2.45) is 0 Å². The van der Waals surface area contributed by atoms with Gasteiger partial charge in [0.2, 0.25) is 0 Å². The highest BCUT2D eigenvalue weighted by Crippen LogP contribution is 2.32. The normalized spacial score (nSPS) is 10.2. The predicted octanol–water partition coefficient (Wildman–Crippen LogP) is 4.20. The van der Waals surface area contributed by atoms with Gasteiger partial charge in [0, 0.05) is 12.1 Å². The molecular weight excluding hydrogens is 337 g/mol. The number of benzene rings is 2. The van der Waals surface area contributed by atoms with E-state index in [-0.39, 0.29) is 5.91 Å². The summed E-state index contributed by atoms with van der Waals surface area (Å²) in [5.74, 6) is 1.01. The summed E-state index contributed by atoms with van der Waals surface area (Å²) >= 11 is 12.0. The molecule has 0 fully saturated rings. The van der Waals surface area contributed by atoms with Crippen LogP contribution in [0.3, 0.4) is 0 Å². The van der Waals surface area contributed by atoms with Gasteiger partial charge in [0.15, 0.2) is 5.75 Å². The molecule has 0 aromatic heterocycles. The summed E-state index contributed by atoms with van der Waals surface area (Å²) < 4.78 is 11.1. The van der Waals surface area contributed by atoms with Crippen LogP contribution in [0.5, 0.6) is 11.5 Å². The molecule has 0 unspecified atom stereocenters. The number of hydrogen-bond donors (Lipinski definition) is 1. The van der Waals surface area contributed by atoms with Crippen LogP contribution < -0.4 is 14.8 Å². The first kappa shape index (κ1) is 17.4. The highest BCUT2D eigenvalue weighted by atomic mass is 35.5. The first-order chi connectivity index (χ1) is 11.1. The molecule has 122 valence electrons. The van der Waals surface area contributed by atoms with Crippen molar-refractivity contribution >= 4 is 29.1 Å². The fraction of sp³-hybridized carbons (Fsp3) is 0.235. The minimum absolute atomic E-state index is 0.101. The van der Waals surface area contributed by atoms with Crippen molar-refractivity contribution in [1.82, 2.24) is 5.32 Å². The van der Waals surface area contributed by atoms with E-state index < -0.39 is 0 Å². The van der Waals surface area contributed by atoms with Gasteiger partial charge in [-0.3, -0.25) is 4.79 Å². The quantitative estimate of drug-likeness (QED) is 0.758. The van der Waals surface area contributed by atoms with Crippen LogP contribution in [-0.4, -0.2) is 25.7 Å². The summed E-state index contributed by atoms with van der Waals surface area (Å²) in [6, 6.07) is 12.1. The minimum atomic E-state index is -0.101. The first-order valence-electron chi connectivity index (χ1n) is 7.19. The number of amides is 1. The molecule has 0 aliphatic heterocycles. The van der Waals surface area contributed by atoms with Gasteiger partial charge >= 0.3 is 0 Å². The zero-order valence-corrected chi connectivity index (χ0v) is 14.2. The van der Waals surface area contributed by atoms with Crippen molar-refractivity contribution in [3.05, 3.63) is 58.1 Å². The van der Waals surface area contributed by atoms with E-state index >= 15 is 0 Å². The molecule has 0 spiro atoms. The molecule has 2 aromatic carbocycles. The van der Waals surface area contributed by atoms with Gasteiger partial charge in [-0.05, 0) is 43.3 Å². The highest BCUT2D eigenvalue weighted by molar-refractivity contribution is 6.37. The molecule has 0 aliphatic carbocycles. The second-order valence-corrected chi connectivity index (χ2v) is 5.45. The Morgan fingerprint density at radius 2 is 1.61 bits per heavy atom. The summed E-state index contributed by atoms with van der Waals surface area (Å²) in [6.45, 7) is 3.11. The molecule has 0 saturated carbocycles. The number of halogens is 2. The van der Waals surface area contributed by atoms with Gasteiger partial charge < -0.3 is 14.8 Å². The smallest absolute Gasteiger partial charge is 0.251 e. The molecule has 0 bridgehead atoms. The topological polar surface area (TPSA) is 47.6 Å². The monoisotopic (exact) mass is 353 g/mol. The Morgan fingerprint density at radius 3 is 2.22 bits per heavy atom. The number of hydrogen-bond acceptors (Lipinski definition) is 3. The second-order valence-electron chi connectivity index (χ2n) is 4.63. The van der Waals surface area contributed by atoms with Crippen LogP contribution in [0.4, 0.5) is 0 Å². The Labute approximate surface area is 145 Å². The van der Waals surface area contributed by atoms with E-state index in [9.17, 15) is 4.79 Å². The first-order valence-corrected chi connectivity index (χ1v) is 7.95. The Bertz CT molecular complexity index is 639. The molecule has 2 rings (SSSR count). The van der Waals surface area contributed by atoms with Crippen LogP contribution in [0.15, 0.2) is 42.5 Å². The SMILES string of the molecule is CCNC(=O)c1ccc(OCCOc2c(Cl)cccc2Cl)cc1. The molecule has 1 amide bonds. The maximum absolute atomic E-state index is 11.6. The fourth-order valence-electron chi connectivity index (χ4n) is 1.89. The van der Waals surface area contributed by atoms with Crippen molar-refractivity contribution in [1.29, 1.82) is 0 Å². The zero-order chi connectivity index (χ0) is 16.7. The van der Waals surface area contributed by atoms with E-state index in [4.69, 9.17) is 32.7 Å². The summed E-state index contributed by atoms with van der Waals surface area (Å²) in [5.41, 5.74) is 0.596. The molecule has 0 saturated heterocycles. The average Bonchev–Trinajstić information content (AvgIpc) is 2.54. The Morgan fingerprint density at radius 1 is 1.00 bits per heavy atom. The van der Waals surface area contributed by atoms with E-state index in [0.29, 0.717) is 46.9 Å². The van der Waals surface area contributed by atoms with Crippen LogP contribution >= 0.6 is 23.2 Å². The van der Waals surface area contributed by atoms with Crippen molar-refractivity contribution in [3.63, 3.8) is 0 Å². The third-order valence-corrected chi connectivity index (χ3v) is 3.57. The number of carbonyl (C=O) groups excluding carboxylic acids is 1. The Kier molecular flexibility index (Phi) is 6.56. The third-order valence-electron chi connectivity index (χ3n) is 2.97. The summed E-state index contributed by atoms with van der Waals surface area (Å²) in [6.07, 6.45) is 0. The van der Waals surface area contributed by atoms with Crippen molar-refractivity contribution in [3.8, 4) is 11.5 Å². The summed E-state index contributed by atoms with van der Waals surface area (Å²) in [7, 11) is 0. The molecule has 23 heavy (non-hydrogen) atoms. The maximum Gasteiger partial charge on any atom is 0.251 e. The molecule has 6 heteroatoms. The van der Waals surface area contributed by atoms with E-state index in [0.717, 1.165) is 0 Å². The minimum Gasteiger partial charge on any atom is -0.490 e. The zero-order valence-electron chi connectivity index (χ0n) is 12.6. The molecule has 0 aliphatic rings. The fourth-order valence-corrected chi connectivity index (χ4v) is 2.40. The van der Waals surface area contributed by atoms with Gasteiger partial charge in [0.25, 0.3) is 5.91 Å². The maximum atomic E-state index is 11.6. The van der Waals surface area contributed by atoms with Crippen molar-refractivity contribution < 1.29 is 14.3 Å². The molecule has 1 N–H and O–H groups in total. The van der Waals surface area contributed by atoms with Gasteiger partial charge in [0.05, 0.1) is 10.0 Å². The number of rotatable bonds is 7. The van der Waals surface area contributed by atoms with E-state index in [1.807, 2.05) is 6.92 Å². The van der Waals surface area contributed by atoms with Gasteiger partial charge in [-0.2, -0.15) is 0 Å². The van der Waals surface area contributed by atoms with Gasteiger partial charge in [-0.1, -0.05) is 29.3 Å². The number of carbonyl (C=O) groups is 1. The molecule has 2 aromatic rings. The second kappa shape index (κ2) is 8.65. The third kappa shape index (κ3) is 5.05. The molecule has 4 nitrogen and oxygen atoms in total. The molecule has 0 heterocycles. The van der Waals surface area contributed by atoms with Crippen LogP contribution in [0.2, 0.25) is 10.0 Å². The van der Waals surface area contributed by atoms with Crippen LogP contribution in [-0.2, 0) is 0 Å². The average molecular weight is 354 g/mol. The lowest BCUT2D eigenvalue weighted by atomic mass is 10.2. The predicted molar refractivity (Wildman–Crippen MR) is 91.9 cm³/mol. The largest absolute Gasteiger partial charge is 0.490 e. The van der Waals surface area contributed by atoms with Gasteiger partial charge in [0.1, 0.15) is 19.0 Å². The lowest BCUT2D eigenvalue weighted by molar-refractivity contribution is 0.0956. The van der Waals surface area contributed by atoms with Crippen LogP contribution in [0.25, 0.3) is 0 Å². The molecule has 0 atom stereocenters. The lowest BCUT2D eigenvalue weighted by Gasteiger charge is -2.11. The number of para-hydroxylation sites is 1. The number of ether oxygens (including phenoxy) is 2. The van der Waals surface area contributed by atoms with E-state index in [1.165, 1.54) is 0 Å². The van der Waals surface area contributed by atoms with Gasteiger partial charge in [-0.15, -0.1) is 0 Å². The van der Waals surface area contributed by atoms with E-state index in [2.05, 4.69) is 5.32 Å². The Hall–Kier alpha value is -1.91. The van der Waals surface area contributed by atoms with Gasteiger partial charge in [-0.25, -0.2) is 0 Å². The summed E-state index contributed by atoms with van der Waals surface area (Å²) in [5, 5.41) is 3.66. The van der Waals surface area contributed by atoms with Crippen LogP contribution in [0.1, 0.15) is 17.3 Å². The van der Waals surface area contributed by atoms with Crippen LogP contribution in [0, 0.1) is 0 Å². The van der Waals surface area contributed by atoms with E-state index in [1.54, 1.807) is 42.5 Å².